The Bertz CT molecular complexity index is 389. The molecule has 1 aromatic rings. The van der Waals surface area contributed by atoms with Gasteiger partial charge in [-0.25, -0.2) is 8.78 Å². The van der Waals surface area contributed by atoms with Crippen LogP contribution in [0.1, 0.15) is 24.2 Å². The molecular formula is C12H15F2NO2. The van der Waals surface area contributed by atoms with Crippen LogP contribution < -0.4 is 5.32 Å². The van der Waals surface area contributed by atoms with Gasteiger partial charge in [0.2, 0.25) is 0 Å². The first kappa shape index (κ1) is 13.6. The van der Waals surface area contributed by atoms with E-state index in [-0.39, 0.29) is 24.1 Å². The minimum Gasteiger partial charge on any atom is -0.396 e. The highest BCUT2D eigenvalue weighted by molar-refractivity contribution is 5.94. The topological polar surface area (TPSA) is 49.3 Å². The Balaban J connectivity index is 2.76. The molecule has 0 saturated carbocycles. The molecule has 0 aliphatic heterocycles. The van der Waals surface area contributed by atoms with E-state index < -0.39 is 17.5 Å². The molecule has 17 heavy (non-hydrogen) atoms. The number of halogens is 2. The summed E-state index contributed by atoms with van der Waals surface area (Å²) >= 11 is 0. The maximum Gasteiger partial charge on any atom is 0.251 e. The van der Waals surface area contributed by atoms with Crippen molar-refractivity contribution in [1.82, 2.24) is 5.32 Å². The Kier molecular flexibility index (Phi) is 4.57. The van der Waals surface area contributed by atoms with Crippen molar-refractivity contribution in [3.63, 3.8) is 0 Å². The van der Waals surface area contributed by atoms with Crippen molar-refractivity contribution in [3.05, 3.63) is 35.4 Å². The van der Waals surface area contributed by atoms with Gasteiger partial charge in [-0.05, 0) is 25.0 Å². The van der Waals surface area contributed by atoms with Crippen molar-refractivity contribution in [3.8, 4) is 0 Å². The summed E-state index contributed by atoms with van der Waals surface area (Å²) in [7, 11) is 0. The molecule has 2 unspecified atom stereocenters. The van der Waals surface area contributed by atoms with Crippen molar-refractivity contribution in [2.45, 2.75) is 19.9 Å². The predicted octanol–water partition coefficient (Wildman–Crippen LogP) is 1.71. The molecule has 1 aromatic carbocycles. The molecule has 0 spiro atoms. The molecule has 3 nitrogen and oxygen atoms in total. The molecule has 0 aromatic heterocycles. The second-order valence-corrected chi connectivity index (χ2v) is 4.08. The first-order valence-corrected chi connectivity index (χ1v) is 5.32. The monoisotopic (exact) mass is 243 g/mol. The van der Waals surface area contributed by atoms with Crippen LogP contribution in [0, 0.1) is 17.6 Å². The number of nitrogens with one attached hydrogen (secondary N) is 1. The number of amides is 1. The average molecular weight is 243 g/mol. The normalized spacial score (nSPS) is 14.2. The molecule has 94 valence electrons. The van der Waals surface area contributed by atoms with Gasteiger partial charge in [0, 0.05) is 24.3 Å². The van der Waals surface area contributed by atoms with Crippen LogP contribution in [-0.2, 0) is 0 Å². The molecule has 0 bridgehead atoms. The van der Waals surface area contributed by atoms with Gasteiger partial charge in [0.05, 0.1) is 0 Å². The number of benzene rings is 1. The lowest BCUT2D eigenvalue weighted by Crippen LogP contribution is -2.38. The lowest BCUT2D eigenvalue weighted by molar-refractivity contribution is 0.0915. The van der Waals surface area contributed by atoms with Crippen molar-refractivity contribution < 1.29 is 18.7 Å². The van der Waals surface area contributed by atoms with E-state index >= 15 is 0 Å². The largest absolute Gasteiger partial charge is 0.396 e. The molecule has 0 heterocycles. The summed E-state index contributed by atoms with van der Waals surface area (Å²) in [6.07, 6.45) is 0. The van der Waals surface area contributed by atoms with E-state index in [2.05, 4.69) is 5.32 Å². The summed E-state index contributed by atoms with van der Waals surface area (Å²) in [4.78, 5) is 11.7. The standard InChI is InChI=1S/C12H15F2NO2/c1-7(6-16)8(2)15-12(17)9-3-10(13)5-11(14)4-9/h3-5,7-8,16H,6H2,1-2H3,(H,15,17). The fourth-order valence-electron chi connectivity index (χ4n) is 1.28. The summed E-state index contributed by atoms with van der Waals surface area (Å²) in [5.74, 6) is -2.27. The number of hydrogen-bond acceptors (Lipinski definition) is 2. The summed E-state index contributed by atoms with van der Waals surface area (Å²) in [5.41, 5.74) is -0.0699. The van der Waals surface area contributed by atoms with Crippen LogP contribution in [0.2, 0.25) is 0 Å². The maximum atomic E-state index is 12.9. The molecule has 0 saturated heterocycles. The summed E-state index contributed by atoms with van der Waals surface area (Å²) < 4.78 is 25.8. The average Bonchev–Trinajstić information content (AvgIpc) is 2.26. The van der Waals surface area contributed by atoms with Crippen LogP contribution in [0.3, 0.4) is 0 Å². The molecule has 0 aliphatic rings. The molecule has 0 radical (unpaired) electrons. The first-order chi connectivity index (χ1) is 7.93. The van der Waals surface area contributed by atoms with Gasteiger partial charge >= 0.3 is 0 Å². The highest BCUT2D eigenvalue weighted by Crippen LogP contribution is 2.09. The molecule has 1 amide bonds. The third-order valence-electron chi connectivity index (χ3n) is 2.63. The smallest absolute Gasteiger partial charge is 0.251 e. The van der Waals surface area contributed by atoms with Gasteiger partial charge in [0.15, 0.2) is 0 Å². The van der Waals surface area contributed by atoms with Gasteiger partial charge in [-0.15, -0.1) is 0 Å². The second kappa shape index (κ2) is 5.72. The van der Waals surface area contributed by atoms with Gasteiger partial charge in [-0.2, -0.15) is 0 Å². The van der Waals surface area contributed by atoms with E-state index in [9.17, 15) is 13.6 Å². The van der Waals surface area contributed by atoms with E-state index in [1.54, 1.807) is 13.8 Å². The zero-order valence-corrected chi connectivity index (χ0v) is 9.71. The van der Waals surface area contributed by atoms with Gasteiger partial charge < -0.3 is 10.4 Å². The third kappa shape index (κ3) is 3.78. The van der Waals surface area contributed by atoms with Crippen molar-refractivity contribution in [2.75, 3.05) is 6.61 Å². The number of hydrogen-bond donors (Lipinski definition) is 2. The Morgan fingerprint density at radius 2 is 1.82 bits per heavy atom. The van der Waals surface area contributed by atoms with E-state index in [0.29, 0.717) is 6.07 Å². The van der Waals surface area contributed by atoms with E-state index in [1.807, 2.05) is 0 Å². The van der Waals surface area contributed by atoms with Crippen LogP contribution in [0.4, 0.5) is 8.78 Å². The fourth-order valence-corrected chi connectivity index (χ4v) is 1.28. The molecule has 1 rings (SSSR count). The molecule has 5 heteroatoms. The highest BCUT2D eigenvalue weighted by atomic mass is 19.1. The zero-order chi connectivity index (χ0) is 13.0. The molecule has 0 aliphatic carbocycles. The van der Waals surface area contributed by atoms with Crippen molar-refractivity contribution in [2.24, 2.45) is 5.92 Å². The van der Waals surface area contributed by atoms with Crippen LogP contribution in [0.5, 0.6) is 0 Å². The maximum absolute atomic E-state index is 12.9. The summed E-state index contributed by atoms with van der Waals surface area (Å²) in [6.45, 7) is 3.41. The fraction of sp³-hybridized carbons (Fsp3) is 0.417. The second-order valence-electron chi connectivity index (χ2n) is 4.08. The number of aliphatic hydroxyl groups excluding tert-OH is 1. The molecular weight excluding hydrogens is 228 g/mol. The van der Waals surface area contributed by atoms with Gasteiger partial charge in [-0.3, -0.25) is 4.79 Å². The lowest BCUT2D eigenvalue weighted by Gasteiger charge is -2.19. The lowest BCUT2D eigenvalue weighted by atomic mass is 10.0. The quantitative estimate of drug-likeness (QED) is 0.845. The van der Waals surface area contributed by atoms with Gasteiger partial charge in [0.25, 0.3) is 5.91 Å². The van der Waals surface area contributed by atoms with Crippen LogP contribution >= 0.6 is 0 Å². The minimum atomic E-state index is -0.794. The number of aliphatic hydroxyl groups is 1. The first-order valence-electron chi connectivity index (χ1n) is 5.32. The SMILES string of the molecule is CC(CO)C(C)NC(=O)c1cc(F)cc(F)c1. The van der Waals surface area contributed by atoms with Crippen LogP contribution in [-0.4, -0.2) is 23.7 Å². The summed E-state index contributed by atoms with van der Waals surface area (Å²) in [5, 5.41) is 11.5. The van der Waals surface area contributed by atoms with Crippen molar-refractivity contribution in [1.29, 1.82) is 0 Å². The predicted molar refractivity (Wildman–Crippen MR) is 59.5 cm³/mol. The number of rotatable bonds is 4. The number of carbonyl (C=O) groups excluding carboxylic acids is 1. The summed E-state index contributed by atoms with van der Waals surface area (Å²) in [6, 6.07) is 2.36. The molecule has 2 N–H and O–H groups in total. The third-order valence-corrected chi connectivity index (χ3v) is 2.63. The number of carbonyl (C=O) groups is 1. The van der Waals surface area contributed by atoms with E-state index in [1.165, 1.54) is 0 Å². The molecule has 0 fully saturated rings. The van der Waals surface area contributed by atoms with Crippen LogP contribution in [0.25, 0.3) is 0 Å². The Morgan fingerprint density at radius 3 is 2.29 bits per heavy atom. The Labute approximate surface area is 98.5 Å². The Hall–Kier alpha value is -1.49. The van der Waals surface area contributed by atoms with Gasteiger partial charge in [-0.1, -0.05) is 6.92 Å². The van der Waals surface area contributed by atoms with Crippen LogP contribution in [0.15, 0.2) is 18.2 Å². The Morgan fingerprint density at radius 1 is 1.29 bits per heavy atom. The minimum absolute atomic E-state index is 0.0699. The zero-order valence-electron chi connectivity index (χ0n) is 9.71. The van der Waals surface area contributed by atoms with E-state index in [4.69, 9.17) is 5.11 Å². The van der Waals surface area contributed by atoms with Crippen molar-refractivity contribution >= 4 is 5.91 Å². The van der Waals surface area contributed by atoms with E-state index in [0.717, 1.165) is 12.1 Å². The van der Waals surface area contributed by atoms with Gasteiger partial charge in [0.1, 0.15) is 11.6 Å². The molecule has 2 atom stereocenters. The highest BCUT2D eigenvalue weighted by Gasteiger charge is 2.16.